The zero-order chi connectivity index (χ0) is 32.3. The molecule has 0 amide bonds. The van der Waals surface area contributed by atoms with Gasteiger partial charge in [0.25, 0.3) is 0 Å². The highest BCUT2D eigenvalue weighted by Crippen LogP contribution is 2.40. The maximum absolute atomic E-state index is 5.19. The molecule has 0 aliphatic carbocycles. The Bertz CT molecular complexity index is 2900. The summed E-state index contributed by atoms with van der Waals surface area (Å²) in [6.07, 6.45) is 0. The van der Waals surface area contributed by atoms with Crippen molar-refractivity contribution < 1.29 is 0 Å². The molecule has 10 rings (SSSR count). The molecule has 0 atom stereocenters. The first-order valence-electron chi connectivity index (χ1n) is 16.4. The van der Waals surface area contributed by atoms with E-state index in [0.29, 0.717) is 17.5 Å². The average Bonchev–Trinajstić information content (AvgIpc) is 3.56. The first-order valence-corrected chi connectivity index (χ1v) is 17.3. The van der Waals surface area contributed by atoms with E-state index in [1.54, 1.807) is 11.3 Å². The van der Waals surface area contributed by atoms with Crippen LogP contribution in [0.25, 0.3) is 97.8 Å². The van der Waals surface area contributed by atoms with E-state index < -0.39 is 0 Å². The topological polar surface area (TPSA) is 38.7 Å². The Labute approximate surface area is 286 Å². The van der Waals surface area contributed by atoms with Crippen molar-refractivity contribution in [1.82, 2.24) is 15.0 Å². The first-order chi connectivity index (χ1) is 24.2. The van der Waals surface area contributed by atoms with Crippen LogP contribution in [0, 0.1) is 0 Å². The number of hydrogen-bond acceptors (Lipinski definition) is 4. The number of aromatic nitrogens is 3. The van der Waals surface area contributed by atoms with E-state index in [1.807, 2.05) is 0 Å². The number of rotatable bonds is 4. The number of hydrogen-bond donors (Lipinski definition) is 0. The molecule has 2 aromatic heterocycles. The van der Waals surface area contributed by atoms with Crippen LogP contribution in [-0.4, -0.2) is 15.0 Å². The van der Waals surface area contributed by atoms with Crippen LogP contribution in [0.15, 0.2) is 164 Å². The van der Waals surface area contributed by atoms with E-state index in [-0.39, 0.29) is 0 Å². The molecule has 0 fully saturated rings. The molecular formula is C45H27N3S. The Hall–Kier alpha value is -6.23. The summed E-state index contributed by atoms with van der Waals surface area (Å²) < 4.78 is 2.44. The lowest BCUT2D eigenvalue weighted by molar-refractivity contribution is 1.08. The van der Waals surface area contributed by atoms with Gasteiger partial charge in [-0.25, -0.2) is 15.0 Å². The van der Waals surface area contributed by atoms with Gasteiger partial charge in [-0.05, 0) is 73.8 Å². The quantitative estimate of drug-likeness (QED) is 0.192. The van der Waals surface area contributed by atoms with Crippen molar-refractivity contribution in [2.45, 2.75) is 0 Å². The smallest absolute Gasteiger partial charge is 0.165 e. The second-order valence-corrected chi connectivity index (χ2v) is 13.5. The van der Waals surface area contributed by atoms with Gasteiger partial charge >= 0.3 is 0 Å². The van der Waals surface area contributed by atoms with Gasteiger partial charge in [0.05, 0.1) is 0 Å². The van der Waals surface area contributed by atoms with Gasteiger partial charge in [0, 0.05) is 36.9 Å². The molecule has 0 radical (unpaired) electrons. The van der Waals surface area contributed by atoms with E-state index in [4.69, 9.17) is 15.0 Å². The maximum atomic E-state index is 5.19. The minimum Gasteiger partial charge on any atom is -0.208 e. The third-order valence-electron chi connectivity index (χ3n) is 9.49. The molecule has 0 aliphatic rings. The van der Waals surface area contributed by atoms with E-state index >= 15 is 0 Å². The van der Waals surface area contributed by atoms with E-state index in [2.05, 4.69) is 164 Å². The van der Waals surface area contributed by atoms with Crippen molar-refractivity contribution >= 4 is 63.8 Å². The van der Waals surface area contributed by atoms with Crippen LogP contribution in [0.3, 0.4) is 0 Å². The van der Waals surface area contributed by atoms with Crippen LogP contribution in [0.1, 0.15) is 0 Å². The molecule has 0 N–H and O–H groups in total. The number of fused-ring (bicyclic) bond motifs is 6. The van der Waals surface area contributed by atoms with Gasteiger partial charge in [0.2, 0.25) is 0 Å². The first kappa shape index (κ1) is 27.8. The maximum Gasteiger partial charge on any atom is 0.165 e. The molecule has 0 bridgehead atoms. The van der Waals surface area contributed by atoms with Crippen molar-refractivity contribution in [3.8, 4) is 45.3 Å². The SMILES string of the molecule is c1ccc2cc(-c3ccc4cc(-c5nc(-c6cccc7ccccc67)nc(-c6cccc7c6sc6ccccc67)n5)ccc4c3)ccc2c1. The van der Waals surface area contributed by atoms with Gasteiger partial charge in [-0.2, -0.15) is 0 Å². The molecule has 49 heavy (non-hydrogen) atoms. The zero-order valence-electron chi connectivity index (χ0n) is 26.3. The normalized spacial score (nSPS) is 11.7. The zero-order valence-corrected chi connectivity index (χ0v) is 27.2. The minimum absolute atomic E-state index is 0.659. The van der Waals surface area contributed by atoms with Gasteiger partial charge < -0.3 is 0 Å². The van der Waals surface area contributed by atoms with Crippen LogP contribution in [0.4, 0.5) is 0 Å². The van der Waals surface area contributed by atoms with Gasteiger partial charge in [-0.1, -0.05) is 133 Å². The summed E-state index contributed by atoms with van der Waals surface area (Å²) in [5.74, 6) is 2.00. The molecule has 0 saturated heterocycles. The van der Waals surface area contributed by atoms with E-state index in [1.165, 1.54) is 47.5 Å². The van der Waals surface area contributed by atoms with Crippen LogP contribution < -0.4 is 0 Å². The lowest BCUT2D eigenvalue weighted by Gasteiger charge is -2.11. The Balaban J connectivity index is 1.14. The standard InChI is InChI=1S/C45H27N3S/c1-2-11-30-25-31(20-19-28(30)9-1)32-21-22-34-27-35(24-23-33(34)26-32)43-46-44(39-16-7-12-29-10-3-4-13-36(29)39)48-45(47-43)40-17-8-15-38-37-14-5-6-18-41(37)49-42(38)40/h1-27H. The third kappa shape index (κ3) is 4.76. The van der Waals surface area contributed by atoms with Crippen molar-refractivity contribution in [3.05, 3.63) is 164 Å². The fourth-order valence-corrected chi connectivity index (χ4v) is 8.23. The summed E-state index contributed by atoms with van der Waals surface area (Å²) in [6, 6.07) is 58.1. The highest BCUT2D eigenvalue weighted by Gasteiger charge is 2.18. The Morgan fingerprint density at radius 3 is 1.65 bits per heavy atom. The largest absolute Gasteiger partial charge is 0.208 e. The lowest BCUT2D eigenvalue weighted by Crippen LogP contribution is -2.00. The molecular weight excluding hydrogens is 615 g/mol. The van der Waals surface area contributed by atoms with Crippen molar-refractivity contribution in [3.63, 3.8) is 0 Å². The number of nitrogens with zero attached hydrogens (tertiary/aromatic N) is 3. The van der Waals surface area contributed by atoms with Crippen LogP contribution in [0.5, 0.6) is 0 Å². The highest BCUT2D eigenvalue weighted by atomic mass is 32.1. The average molecular weight is 642 g/mol. The Morgan fingerprint density at radius 1 is 0.327 bits per heavy atom. The molecule has 0 unspecified atom stereocenters. The van der Waals surface area contributed by atoms with Gasteiger partial charge in [0.15, 0.2) is 17.5 Å². The van der Waals surface area contributed by atoms with Gasteiger partial charge in [-0.15, -0.1) is 11.3 Å². The third-order valence-corrected chi connectivity index (χ3v) is 10.7. The predicted molar refractivity (Wildman–Crippen MR) is 207 cm³/mol. The molecule has 228 valence electrons. The van der Waals surface area contributed by atoms with Crippen LogP contribution >= 0.6 is 11.3 Å². The molecule has 8 aromatic carbocycles. The lowest BCUT2D eigenvalue weighted by atomic mass is 9.98. The molecule has 0 saturated carbocycles. The minimum atomic E-state index is 0.659. The molecule has 10 aromatic rings. The molecule has 2 heterocycles. The summed E-state index contributed by atoms with van der Waals surface area (Å²) in [5, 5.41) is 9.56. The summed E-state index contributed by atoms with van der Waals surface area (Å²) >= 11 is 1.79. The monoisotopic (exact) mass is 641 g/mol. The Kier molecular flexibility index (Phi) is 6.36. The number of thiophene rings is 1. The number of benzene rings is 8. The molecule has 0 spiro atoms. The molecule has 3 nitrogen and oxygen atoms in total. The second-order valence-electron chi connectivity index (χ2n) is 12.5. The summed E-state index contributed by atoms with van der Waals surface area (Å²) in [5.41, 5.74) is 5.38. The van der Waals surface area contributed by atoms with Gasteiger partial charge in [-0.3, -0.25) is 0 Å². The van der Waals surface area contributed by atoms with Crippen LogP contribution in [-0.2, 0) is 0 Å². The molecule has 4 heteroatoms. The Morgan fingerprint density at radius 2 is 0.837 bits per heavy atom. The highest BCUT2D eigenvalue weighted by molar-refractivity contribution is 7.26. The fourth-order valence-electron chi connectivity index (χ4n) is 7.02. The van der Waals surface area contributed by atoms with Crippen molar-refractivity contribution in [2.75, 3.05) is 0 Å². The van der Waals surface area contributed by atoms with E-state index in [0.717, 1.165) is 32.8 Å². The van der Waals surface area contributed by atoms with Gasteiger partial charge in [0.1, 0.15) is 0 Å². The van der Waals surface area contributed by atoms with Crippen LogP contribution in [0.2, 0.25) is 0 Å². The van der Waals surface area contributed by atoms with E-state index in [9.17, 15) is 0 Å². The molecule has 0 aliphatic heterocycles. The second kappa shape index (κ2) is 11.2. The summed E-state index contributed by atoms with van der Waals surface area (Å²) in [7, 11) is 0. The van der Waals surface area contributed by atoms with Crippen molar-refractivity contribution in [2.24, 2.45) is 0 Å². The summed E-state index contributed by atoms with van der Waals surface area (Å²) in [6.45, 7) is 0. The van der Waals surface area contributed by atoms with Crippen molar-refractivity contribution in [1.29, 1.82) is 0 Å². The predicted octanol–water partition coefficient (Wildman–Crippen LogP) is 12.4. The summed E-state index contributed by atoms with van der Waals surface area (Å²) in [4.78, 5) is 15.5. The fraction of sp³-hybridized carbons (Fsp3) is 0.